The van der Waals surface area contributed by atoms with E-state index >= 15 is 0 Å². The second kappa shape index (κ2) is 6.00. The predicted octanol–water partition coefficient (Wildman–Crippen LogP) is 1.01. The average Bonchev–Trinajstić information content (AvgIpc) is 3.04. The molecule has 0 radical (unpaired) electrons. The molecule has 1 aromatic carbocycles. The van der Waals surface area contributed by atoms with Gasteiger partial charge in [-0.3, -0.25) is 19.1 Å². The molecule has 0 aliphatic heterocycles. The van der Waals surface area contributed by atoms with Crippen LogP contribution in [0.4, 0.5) is 4.39 Å². The van der Waals surface area contributed by atoms with E-state index in [4.69, 9.17) is 4.74 Å². The number of methoxy groups -OCH3 is 1. The first kappa shape index (κ1) is 16.6. The number of carbonyl (C=O) groups excluding carboxylic acids is 1. The summed E-state index contributed by atoms with van der Waals surface area (Å²) in [5, 5.41) is 0. The number of imidazole rings is 1. The van der Waals surface area contributed by atoms with Gasteiger partial charge in [0.25, 0.3) is 5.56 Å². The summed E-state index contributed by atoms with van der Waals surface area (Å²) in [5.41, 5.74) is -1.19. The van der Waals surface area contributed by atoms with Crippen molar-refractivity contribution in [2.24, 2.45) is 7.05 Å². The van der Waals surface area contributed by atoms with E-state index in [0.29, 0.717) is 5.75 Å². The highest BCUT2D eigenvalue weighted by Crippen LogP contribution is 2.22. The molecule has 3 rings (SSSR count). The summed E-state index contributed by atoms with van der Waals surface area (Å²) in [5.74, 6) is -0.962. The topological polar surface area (TPSA) is 99.0 Å². The van der Waals surface area contributed by atoms with Crippen LogP contribution in [0.1, 0.15) is 23.3 Å². The Morgan fingerprint density at radius 2 is 2.08 bits per heavy atom. The molecular weight excluding hydrogens is 331 g/mol. The number of hydrogen-bond acceptors (Lipinski definition) is 5. The van der Waals surface area contributed by atoms with Gasteiger partial charge in [-0.15, -0.1) is 0 Å². The number of halogens is 1. The van der Waals surface area contributed by atoms with Crippen molar-refractivity contribution >= 4 is 16.9 Å². The molecule has 0 unspecified atom stereocenters. The number of Topliss-reactive ketones (excluding diaryl/α,β-unsaturated/α-hetero) is 1. The summed E-state index contributed by atoms with van der Waals surface area (Å²) >= 11 is 0. The SMILES string of the molecule is COc1ccc(C(=O)[C@@H](C)n2cnc3c2c(=O)[nH]c(=O)n3C)c(F)c1. The highest BCUT2D eigenvalue weighted by molar-refractivity contribution is 5.99. The lowest BCUT2D eigenvalue weighted by Gasteiger charge is -2.14. The van der Waals surface area contributed by atoms with Crippen LogP contribution in [0.3, 0.4) is 0 Å². The number of aryl methyl sites for hydroxylation is 1. The summed E-state index contributed by atoms with van der Waals surface area (Å²) in [6, 6.07) is 3.02. The Bertz CT molecular complexity index is 1100. The first-order valence-corrected chi connectivity index (χ1v) is 7.38. The fraction of sp³-hybridized carbons (Fsp3) is 0.250. The molecule has 8 nitrogen and oxygen atoms in total. The van der Waals surface area contributed by atoms with Crippen molar-refractivity contribution in [3.63, 3.8) is 0 Å². The zero-order chi connectivity index (χ0) is 18.3. The van der Waals surface area contributed by atoms with Crippen molar-refractivity contribution in [3.8, 4) is 5.75 Å². The molecular formula is C16H15FN4O4. The highest BCUT2D eigenvalue weighted by atomic mass is 19.1. The van der Waals surface area contributed by atoms with E-state index in [1.165, 1.54) is 48.7 Å². The van der Waals surface area contributed by atoms with E-state index in [0.717, 1.165) is 6.07 Å². The van der Waals surface area contributed by atoms with E-state index < -0.39 is 28.9 Å². The summed E-state index contributed by atoms with van der Waals surface area (Å²) in [4.78, 5) is 42.6. The smallest absolute Gasteiger partial charge is 0.329 e. The van der Waals surface area contributed by atoms with Crippen LogP contribution in [-0.2, 0) is 7.05 Å². The lowest BCUT2D eigenvalue weighted by Crippen LogP contribution is -2.30. The van der Waals surface area contributed by atoms with E-state index in [2.05, 4.69) is 9.97 Å². The Morgan fingerprint density at radius 1 is 1.36 bits per heavy atom. The third kappa shape index (κ3) is 2.63. The Balaban J connectivity index is 2.10. The van der Waals surface area contributed by atoms with Crippen LogP contribution in [0.25, 0.3) is 11.2 Å². The van der Waals surface area contributed by atoms with E-state index in [-0.39, 0.29) is 16.7 Å². The van der Waals surface area contributed by atoms with Gasteiger partial charge in [0, 0.05) is 13.1 Å². The van der Waals surface area contributed by atoms with Gasteiger partial charge in [0.15, 0.2) is 16.9 Å². The molecule has 0 fully saturated rings. The van der Waals surface area contributed by atoms with Crippen LogP contribution in [0.2, 0.25) is 0 Å². The summed E-state index contributed by atoms with van der Waals surface area (Å²) in [7, 11) is 2.85. The van der Waals surface area contributed by atoms with Crippen molar-refractivity contribution < 1.29 is 13.9 Å². The zero-order valence-electron chi connectivity index (χ0n) is 13.7. The minimum absolute atomic E-state index is 0.0665. The van der Waals surface area contributed by atoms with Gasteiger partial charge in [-0.25, -0.2) is 14.2 Å². The maximum absolute atomic E-state index is 14.2. The van der Waals surface area contributed by atoms with Gasteiger partial charge in [-0.05, 0) is 19.1 Å². The number of aromatic amines is 1. The number of carbonyl (C=O) groups is 1. The third-order valence-electron chi connectivity index (χ3n) is 4.07. The molecule has 9 heteroatoms. The molecule has 2 heterocycles. The molecule has 3 aromatic rings. The monoisotopic (exact) mass is 346 g/mol. The quantitative estimate of drug-likeness (QED) is 0.711. The number of ketones is 1. The summed E-state index contributed by atoms with van der Waals surface area (Å²) in [6.45, 7) is 1.53. The standard InChI is InChI=1S/C16H15FN4O4/c1-8(13(22)10-5-4-9(25-3)6-11(10)17)21-7-18-14-12(21)15(23)19-16(24)20(14)2/h4-8H,1-3H3,(H,19,23,24)/t8-/m1/s1. The predicted molar refractivity (Wildman–Crippen MR) is 87.6 cm³/mol. The van der Waals surface area contributed by atoms with Crippen LogP contribution >= 0.6 is 0 Å². The van der Waals surface area contributed by atoms with Gasteiger partial charge in [-0.1, -0.05) is 0 Å². The van der Waals surface area contributed by atoms with Gasteiger partial charge >= 0.3 is 5.69 Å². The molecule has 0 saturated carbocycles. The first-order valence-electron chi connectivity index (χ1n) is 7.38. The molecule has 1 N–H and O–H groups in total. The number of rotatable bonds is 4. The van der Waals surface area contributed by atoms with Crippen LogP contribution in [-0.4, -0.2) is 32.0 Å². The molecule has 130 valence electrons. The molecule has 0 aliphatic carbocycles. The van der Waals surface area contributed by atoms with Crippen molar-refractivity contribution in [3.05, 3.63) is 56.7 Å². The van der Waals surface area contributed by atoms with Crippen LogP contribution < -0.4 is 16.0 Å². The average molecular weight is 346 g/mol. The fourth-order valence-electron chi connectivity index (χ4n) is 2.62. The second-order valence-corrected chi connectivity index (χ2v) is 5.53. The van der Waals surface area contributed by atoms with E-state index in [1.807, 2.05) is 0 Å². The second-order valence-electron chi connectivity index (χ2n) is 5.53. The number of H-pyrrole nitrogens is 1. The molecule has 1 atom stereocenters. The van der Waals surface area contributed by atoms with Gasteiger partial charge < -0.3 is 9.30 Å². The maximum Gasteiger partial charge on any atom is 0.329 e. The fourth-order valence-corrected chi connectivity index (χ4v) is 2.62. The number of hydrogen-bond donors (Lipinski definition) is 1. The Kier molecular flexibility index (Phi) is 3.99. The minimum atomic E-state index is -0.897. The van der Waals surface area contributed by atoms with E-state index in [9.17, 15) is 18.8 Å². The number of nitrogens with one attached hydrogen (secondary N) is 1. The van der Waals surface area contributed by atoms with E-state index in [1.54, 1.807) is 0 Å². The first-order chi connectivity index (χ1) is 11.8. The number of fused-ring (bicyclic) bond motifs is 1. The lowest BCUT2D eigenvalue weighted by atomic mass is 10.0. The van der Waals surface area contributed by atoms with Gasteiger partial charge in [0.2, 0.25) is 0 Å². The van der Waals surface area contributed by atoms with Gasteiger partial charge in [0.1, 0.15) is 11.6 Å². The molecule has 25 heavy (non-hydrogen) atoms. The molecule has 2 aromatic heterocycles. The molecule has 0 spiro atoms. The highest BCUT2D eigenvalue weighted by Gasteiger charge is 2.24. The summed E-state index contributed by atoms with van der Waals surface area (Å²) in [6.07, 6.45) is 1.28. The molecule has 0 aliphatic rings. The minimum Gasteiger partial charge on any atom is -0.497 e. The van der Waals surface area contributed by atoms with Crippen LogP contribution in [0, 0.1) is 5.82 Å². The Morgan fingerprint density at radius 3 is 2.72 bits per heavy atom. The molecule has 0 saturated heterocycles. The Hall–Kier alpha value is -3.23. The van der Waals surface area contributed by atoms with Crippen molar-refractivity contribution in [1.29, 1.82) is 0 Å². The third-order valence-corrected chi connectivity index (χ3v) is 4.07. The largest absolute Gasteiger partial charge is 0.497 e. The number of aromatic nitrogens is 4. The van der Waals surface area contributed by atoms with Gasteiger partial charge in [0.05, 0.1) is 25.0 Å². The maximum atomic E-state index is 14.2. The Labute approximate surface area is 140 Å². The molecule has 0 amide bonds. The summed E-state index contributed by atoms with van der Waals surface area (Å²) < 4.78 is 21.6. The van der Waals surface area contributed by atoms with Gasteiger partial charge in [-0.2, -0.15) is 0 Å². The normalized spacial score (nSPS) is 12.3. The lowest BCUT2D eigenvalue weighted by molar-refractivity contribution is 0.0932. The number of benzene rings is 1. The number of ether oxygens (including phenoxy) is 1. The van der Waals surface area contributed by atoms with Crippen molar-refractivity contribution in [2.45, 2.75) is 13.0 Å². The van der Waals surface area contributed by atoms with Crippen molar-refractivity contribution in [2.75, 3.05) is 7.11 Å². The zero-order valence-corrected chi connectivity index (χ0v) is 13.7. The molecule has 0 bridgehead atoms. The van der Waals surface area contributed by atoms with Crippen molar-refractivity contribution in [1.82, 2.24) is 19.1 Å². The van der Waals surface area contributed by atoms with Crippen LogP contribution in [0.5, 0.6) is 5.75 Å². The van der Waals surface area contributed by atoms with Crippen LogP contribution in [0.15, 0.2) is 34.1 Å². The number of nitrogens with zero attached hydrogens (tertiary/aromatic N) is 3.